The molecule has 4 bridgehead atoms. The molecule has 6 rings (SSSR count). The number of aromatic nitrogens is 2. The van der Waals surface area contributed by atoms with Crippen LogP contribution in [0.1, 0.15) is 45.4 Å². The van der Waals surface area contributed by atoms with Crippen molar-refractivity contribution in [3.8, 4) is 0 Å². The third kappa shape index (κ3) is 3.89. The van der Waals surface area contributed by atoms with Gasteiger partial charge >= 0.3 is 6.03 Å². The van der Waals surface area contributed by atoms with E-state index in [9.17, 15) is 9.59 Å². The summed E-state index contributed by atoms with van der Waals surface area (Å²) in [5, 5.41) is 5.85. The first-order valence-corrected chi connectivity index (χ1v) is 11.4. The fraction of sp³-hybridized carbons (Fsp3) is 0.727. The van der Waals surface area contributed by atoms with E-state index in [1.807, 2.05) is 6.92 Å². The normalized spacial score (nSPS) is 33.9. The lowest BCUT2D eigenvalue weighted by Gasteiger charge is -2.56. The number of piperazine rings is 1. The van der Waals surface area contributed by atoms with Crippen molar-refractivity contribution >= 4 is 17.9 Å². The summed E-state index contributed by atoms with van der Waals surface area (Å²) in [5.74, 6) is 2.79. The minimum atomic E-state index is -0.342. The van der Waals surface area contributed by atoms with Crippen molar-refractivity contribution in [1.82, 2.24) is 25.5 Å². The number of carbonyl (C=O) groups excluding carboxylic acids is 2. The fourth-order valence-electron chi connectivity index (χ4n) is 6.68. The van der Waals surface area contributed by atoms with E-state index in [1.165, 1.54) is 19.3 Å². The highest BCUT2D eigenvalue weighted by molar-refractivity contribution is 5.97. The average molecular weight is 413 g/mol. The molecule has 8 heteroatoms. The van der Waals surface area contributed by atoms with Crippen LogP contribution in [0.15, 0.2) is 18.5 Å². The number of carbonyl (C=O) groups is 2. The van der Waals surface area contributed by atoms with Gasteiger partial charge in [-0.05, 0) is 69.3 Å². The summed E-state index contributed by atoms with van der Waals surface area (Å²) in [6.45, 7) is 4.89. The molecule has 0 spiro atoms. The zero-order valence-electron chi connectivity index (χ0n) is 17.7. The van der Waals surface area contributed by atoms with Crippen molar-refractivity contribution < 1.29 is 9.59 Å². The summed E-state index contributed by atoms with van der Waals surface area (Å²) < 4.78 is 0. The highest BCUT2D eigenvalue weighted by atomic mass is 16.2. The Balaban J connectivity index is 1.12. The third-order valence-corrected chi connectivity index (χ3v) is 7.73. The van der Waals surface area contributed by atoms with Crippen molar-refractivity contribution in [2.45, 2.75) is 57.0 Å². The molecular formula is C22H32N6O2. The Morgan fingerprint density at radius 2 is 1.57 bits per heavy atom. The molecule has 2 N–H and O–H groups in total. The van der Waals surface area contributed by atoms with Crippen LogP contribution in [0.3, 0.4) is 0 Å². The molecule has 4 aliphatic carbocycles. The van der Waals surface area contributed by atoms with E-state index < -0.39 is 0 Å². The lowest BCUT2D eigenvalue weighted by molar-refractivity contribution is -0.125. The minimum Gasteiger partial charge on any atom is -0.338 e. The van der Waals surface area contributed by atoms with Crippen molar-refractivity contribution in [2.75, 3.05) is 31.1 Å². The fourth-order valence-corrected chi connectivity index (χ4v) is 6.68. The first-order chi connectivity index (χ1) is 14.5. The molecule has 4 saturated carbocycles. The number of rotatable bonds is 4. The van der Waals surface area contributed by atoms with Gasteiger partial charge in [-0.3, -0.25) is 15.0 Å². The molecule has 3 amide bonds. The Bertz CT molecular complexity index is 757. The minimum absolute atomic E-state index is 0.0797. The van der Waals surface area contributed by atoms with E-state index in [0.717, 1.165) is 69.1 Å². The largest absolute Gasteiger partial charge is 0.338 e. The Morgan fingerprint density at radius 1 is 1.00 bits per heavy atom. The van der Waals surface area contributed by atoms with Gasteiger partial charge in [0.05, 0.1) is 6.04 Å². The van der Waals surface area contributed by atoms with Crippen LogP contribution in [-0.4, -0.2) is 64.6 Å². The summed E-state index contributed by atoms with van der Waals surface area (Å²) in [7, 11) is 0. The summed E-state index contributed by atoms with van der Waals surface area (Å²) in [6, 6.07) is 1.15. The van der Waals surface area contributed by atoms with Gasteiger partial charge in [0, 0.05) is 44.1 Å². The van der Waals surface area contributed by atoms with Crippen LogP contribution in [0.25, 0.3) is 0 Å². The highest BCUT2D eigenvalue weighted by Crippen LogP contribution is 2.55. The molecule has 1 saturated heterocycles. The van der Waals surface area contributed by atoms with Crippen molar-refractivity contribution in [1.29, 1.82) is 0 Å². The monoisotopic (exact) mass is 412 g/mol. The maximum Gasteiger partial charge on any atom is 0.321 e. The van der Waals surface area contributed by atoms with E-state index in [2.05, 4.69) is 30.4 Å². The van der Waals surface area contributed by atoms with Crippen molar-refractivity contribution in [3.63, 3.8) is 0 Å². The number of urea groups is 1. The zero-order chi connectivity index (χ0) is 20.7. The van der Waals surface area contributed by atoms with Crippen LogP contribution in [0.4, 0.5) is 10.7 Å². The van der Waals surface area contributed by atoms with E-state index in [4.69, 9.17) is 0 Å². The van der Waals surface area contributed by atoms with Crippen LogP contribution < -0.4 is 15.5 Å². The second-order valence-electron chi connectivity index (χ2n) is 9.89. The Hall–Kier alpha value is -2.22. The average Bonchev–Trinajstić information content (AvgIpc) is 2.72. The van der Waals surface area contributed by atoms with Gasteiger partial charge in [0.25, 0.3) is 0 Å². The molecule has 1 aromatic rings. The number of nitrogens with one attached hydrogen (secondary N) is 2. The quantitative estimate of drug-likeness (QED) is 0.784. The summed E-state index contributed by atoms with van der Waals surface area (Å²) in [6.07, 6.45) is 10.7. The van der Waals surface area contributed by atoms with Crippen LogP contribution in [0.2, 0.25) is 0 Å². The van der Waals surface area contributed by atoms with Gasteiger partial charge in [-0.1, -0.05) is 0 Å². The second-order valence-corrected chi connectivity index (χ2v) is 9.89. The molecule has 0 unspecified atom stereocenters. The molecule has 0 aromatic carbocycles. The number of nitrogens with zero attached hydrogens (tertiary/aromatic N) is 4. The van der Waals surface area contributed by atoms with E-state index in [0.29, 0.717) is 0 Å². The van der Waals surface area contributed by atoms with Crippen LogP contribution >= 0.6 is 0 Å². The van der Waals surface area contributed by atoms with E-state index in [-0.39, 0.29) is 23.5 Å². The van der Waals surface area contributed by atoms with Crippen molar-refractivity contribution in [3.05, 3.63) is 18.5 Å². The van der Waals surface area contributed by atoms with Crippen LogP contribution in [0.5, 0.6) is 0 Å². The molecule has 5 aliphatic rings. The number of hydrogen-bond donors (Lipinski definition) is 2. The number of hydrogen-bond acceptors (Lipinski definition) is 6. The predicted octanol–water partition coefficient (Wildman–Crippen LogP) is 1.78. The molecular weight excluding hydrogens is 380 g/mol. The molecule has 2 heterocycles. The summed E-state index contributed by atoms with van der Waals surface area (Å²) in [5.41, 5.74) is -0.0797. The maximum absolute atomic E-state index is 12.7. The van der Waals surface area contributed by atoms with Crippen LogP contribution in [0, 0.1) is 17.8 Å². The zero-order valence-corrected chi connectivity index (χ0v) is 17.7. The molecule has 1 aromatic heterocycles. The second kappa shape index (κ2) is 7.80. The predicted molar refractivity (Wildman–Crippen MR) is 113 cm³/mol. The third-order valence-electron chi connectivity index (χ3n) is 7.73. The standard InChI is InChI=1S/C22H32N6O2/c1-15(27-5-7-28(8-6-27)20-23-3-2-4-24-20)19(29)25-21(30)26-22-12-16-9-17(13-22)11-18(10-16)14-22/h2-4,15-18H,5-14H2,1H3,(H2,25,26,29,30)/t15-,16?,17?,18?,22?/m0/s1. The van der Waals surface area contributed by atoms with Gasteiger partial charge in [0.1, 0.15) is 0 Å². The topological polar surface area (TPSA) is 90.5 Å². The Morgan fingerprint density at radius 3 is 2.13 bits per heavy atom. The first-order valence-electron chi connectivity index (χ1n) is 11.4. The van der Waals surface area contributed by atoms with Gasteiger partial charge in [-0.15, -0.1) is 0 Å². The first kappa shape index (κ1) is 19.7. The molecule has 8 nitrogen and oxygen atoms in total. The molecule has 5 fully saturated rings. The Kier molecular flexibility index (Phi) is 5.13. The van der Waals surface area contributed by atoms with Gasteiger partial charge in [-0.2, -0.15) is 0 Å². The number of amides is 3. The lowest BCUT2D eigenvalue weighted by Crippen LogP contribution is -2.63. The van der Waals surface area contributed by atoms with Crippen LogP contribution in [-0.2, 0) is 4.79 Å². The van der Waals surface area contributed by atoms with Crippen molar-refractivity contribution in [2.24, 2.45) is 17.8 Å². The van der Waals surface area contributed by atoms with Gasteiger partial charge in [0.2, 0.25) is 11.9 Å². The molecule has 1 atom stereocenters. The molecule has 162 valence electrons. The summed E-state index contributed by atoms with van der Waals surface area (Å²) in [4.78, 5) is 38.3. The van der Waals surface area contributed by atoms with Gasteiger partial charge in [-0.25, -0.2) is 14.8 Å². The molecule has 0 radical (unpaired) electrons. The van der Waals surface area contributed by atoms with Gasteiger partial charge in [0.15, 0.2) is 0 Å². The highest BCUT2D eigenvalue weighted by Gasteiger charge is 2.51. The summed E-state index contributed by atoms with van der Waals surface area (Å²) >= 11 is 0. The maximum atomic E-state index is 12.7. The number of anilines is 1. The molecule has 1 aliphatic heterocycles. The van der Waals surface area contributed by atoms with Gasteiger partial charge < -0.3 is 10.2 Å². The SMILES string of the molecule is C[C@@H](C(=O)NC(=O)NC12CC3CC(CC(C3)C1)C2)N1CCN(c2ncccn2)CC1. The van der Waals surface area contributed by atoms with E-state index >= 15 is 0 Å². The number of imide groups is 1. The molecule has 30 heavy (non-hydrogen) atoms. The van der Waals surface area contributed by atoms with E-state index in [1.54, 1.807) is 18.5 Å². The Labute approximate surface area is 177 Å². The lowest BCUT2D eigenvalue weighted by atomic mass is 9.53. The smallest absolute Gasteiger partial charge is 0.321 e.